The van der Waals surface area contributed by atoms with Gasteiger partial charge in [0.25, 0.3) is 0 Å². The summed E-state index contributed by atoms with van der Waals surface area (Å²) < 4.78 is 0. The van der Waals surface area contributed by atoms with E-state index in [2.05, 4.69) is 0 Å². The topological polar surface area (TPSA) is 57.5 Å². The molecule has 0 radical (unpaired) electrons. The van der Waals surface area contributed by atoms with E-state index in [0.29, 0.717) is 12.3 Å². The second kappa shape index (κ2) is 4.34. The number of carboxylic acid groups (broad SMARTS) is 1. The highest BCUT2D eigenvalue weighted by Crippen LogP contribution is 2.12. The lowest BCUT2D eigenvalue weighted by Crippen LogP contribution is -2.26. The molecule has 66 valence electrons. The van der Waals surface area contributed by atoms with Crippen LogP contribution in [-0.4, -0.2) is 22.3 Å². The summed E-state index contributed by atoms with van der Waals surface area (Å²) in [6.45, 7) is 5.44. The van der Waals surface area contributed by atoms with Gasteiger partial charge in [-0.05, 0) is 19.3 Å². The normalized spacial score (nSPS) is 16.5. The first-order valence-corrected chi connectivity index (χ1v) is 3.86. The Morgan fingerprint density at radius 3 is 2.09 bits per heavy atom. The number of hydrogen-bond acceptors (Lipinski definition) is 2. The third-order valence-corrected chi connectivity index (χ3v) is 1.68. The predicted molar refractivity (Wildman–Crippen MR) is 42.3 cm³/mol. The molecule has 0 bridgehead atoms. The van der Waals surface area contributed by atoms with Crippen LogP contribution in [0.5, 0.6) is 0 Å². The van der Waals surface area contributed by atoms with E-state index < -0.39 is 18.0 Å². The van der Waals surface area contributed by atoms with Crippen LogP contribution in [0.3, 0.4) is 0 Å². The lowest BCUT2D eigenvalue weighted by molar-refractivity contribution is -0.145. The fourth-order valence-corrected chi connectivity index (χ4v) is 0.852. The van der Waals surface area contributed by atoms with Crippen LogP contribution in [0.4, 0.5) is 0 Å². The minimum atomic E-state index is -0.932. The average molecular weight is 160 g/mol. The van der Waals surface area contributed by atoms with E-state index in [1.165, 1.54) is 6.92 Å². The van der Waals surface area contributed by atoms with Crippen molar-refractivity contribution in [2.24, 2.45) is 11.8 Å². The molecular formula is C8H16O3. The zero-order valence-electron chi connectivity index (χ0n) is 7.24. The molecular weight excluding hydrogens is 144 g/mol. The molecule has 2 N–H and O–H groups in total. The van der Waals surface area contributed by atoms with Gasteiger partial charge in [0.1, 0.15) is 0 Å². The van der Waals surface area contributed by atoms with Crippen molar-refractivity contribution in [3.63, 3.8) is 0 Å². The first kappa shape index (κ1) is 10.4. The Labute approximate surface area is 67.0 Å². The van der Waals surface area contributed by atoms with E-state index in [4.69, 9.17) is 5.11 Å². The molecule has 3 nitrogen and oxygen atoms in total. The molecule has 0 aliphatic heterocycles. The summed E-state index contributed by atoms with van der Waals surface area (Å²) >= 11 is 0. The largest absolute Gasteiger partial charge is 0.481 e. The van der Waals surface area contributed by atoms with Crippen molar-refractivity contribution in [1.29, 1.82) is 0 Å². The summed E-state index contributed by atoms with van der Waals surface area (Å²) in [6, 6.07) is 0. The standard InChI is InChI=1S/C8H16O3/c1-5(2)4-7(9)6(3)8(10)11/h5-7,9H,4H2,1-3H3,(H,10,11)/t6-,7-/m1/s1. The summed E-state index contributed by atoms with van der Waals surface area (Å²) in [4.78, 5) is 10.4. The molecule has 0 aliphatic rings. The van der Waals surface area contributed by atoms with Crippen LogP contribution >= 0.6 is 0 Å². The molecule has 0 fully saturated rings. The Kier molecular flexibility index (Phi) is 4.11. The molecule has 0 rings (SSSR count). The summed E-state index contributed by atoms with van der Waals surface area (Å²) in [5.74, 6) is -1.25. The first-order chi connectivity index (χ1) is 4.95. The molecule has 2 atom stereocenters. The number of aliphatic carboxylic acids is 1. The van der Waals surface area contributed by atoms with Crippen LogP contribution in [0.1, 0.15) is 27.2 Å². The van der Waals surface area contributed by atoms with E-state index in [1.54, 1.807) is 0 Å². The maximum atomic E-state index is 10.4. The predicted octanol–water partition coefficient (Wildman–Crippen LogP) is 1.11. The van der Waals surface area contributed by atoms with Crippen LogP contribution < -0.4 is 0 Å². The zero-order valence-corrected chi connectivity index (χ0v) is 7.24. The summed E-state index contributed by atoms with van der Waals surface area (Å²) in [5.41, 5.74) is 0. The molecule has 0 unspecified atom stereocenters. The fraction of sp³-hybridized carbons (Fsp3) is 0.875. The lowest BCUT2D eigenvalue weighted by Gasteiger charge is -2.16. The average Bonchev–Trinajstić information content (AvgIpc) is 1.84. The van der Waals surface area contributed by atoms with Crippen molar-refractivity contribution in [3.8, 4) is 0 Å². The third kappa shape index (κ3) is 3.98. The molecule has 0 aromatic carbocycles. The van der Waals surface area contributed by atoms with Crippen molar-refractivity contribution < 1.29 is 15.0 Å². The molecule has 0 spiro atoms. The summed E-state index contributed by atoms with van der Waals surface area (Å²) in [6.07, 6.45) is -0.166. The molecule has 0 aliphatic carbocycles. The quantitative estimate of drug-likeness (QED) is 0.647. The number of aliphatic hydroxyl groups excluding tert-OH is 1. The van der Waals surface area contributed by atoms with E-state index in [-0.39, 0.29) is 0 Å². The number of carbonyl (C=O) groups is 1. The van der Waals surface area contributed by atoms with Crippen LogP contribution in [-0.2, 0) is 4.79 Å². The minimum Gasteiger partial charge on any atom is -0.481 e. The number of carboxylic acids is 1. The highest BCUT2D eigenvalue weighted by atomic mass is 16.4. The number of aliphatic hydroxyl groups is 1. The van der Waals surface area contributed by atoms with Gasteiger partial charge in [-0.2, -0.15) is 0 Å². The Bertz CT molecular complexity index is 131. The second-order valence-corrected chi connectivity index (χ2v) is 3.32. The van der Waals surface area contributed by atoms with Gasteiger partial charge in [-0.3, -0.25) is 4.79 Å². The molecule has 11 heavy (non-hydrogen) atoms. The van der Waals surface area contributed by atoms with E-state index in [9.17, 15) is 9.90 Å². The van der Waals surface area contributed by atoms with Gasteiger partial charge in [0.2, 0.25) is 0 Å². The van der Waals surface area contributed by atoms with Crippen LogP contribution in [0.2, 0.25) is 0 Å². The van der Waals surface area contributed by atoms with Crippen LogP contribution in [0.15, 0.2) is 0 Å². The van der Waals surface area contributed by atoms with E-state index in [1.807, 2.05) is 13.8 Å². The first-order valence-electron chi connectivity index (χ1n) is 3.86. The zero-order chi connectivity index (χ0) is 9.02. The maximum Gasteiger partial charge on any atom is 0.308 e. The third-order valence-electron chi connectivity index (χ3n) is 1.68. The van der Waals surface area contributed by atoms with E-state index >= 15 is 0 Å². The smallest absolute Gasteiger partial charge is 0.308 e. The molecule has 0 aromatic heterocycles. The Morgan fingerprint density at radius 2 is 1.82 bits per heavy atom. The molecule has 3 heteroatoms. The van der Waals surface area contributed by atoms with Gasteiger partial charge in [0.15, 0.2) is 0 Å². The summed E-state index contributed by atoms with van der Waals surface area (Å²) in [7, 11) is 0. The monoisotopic (exact) mass is 160 g/mol. The van der Waals surface area contributed by atoms with Gasteiger partial charge in [0.05, 0.1) is 12.0 Å². The molecule has 0 saturated heterocycles. The van der Waals surface area contributed by atoms with Crippen molar-refractivity contribution in [3.05, 3.63) is 0 Å². The number of hydrogen-bond donors (Lipinski definition) is 2. The van der Waals surface area contributed by atoms with Gasteiger partial charge >= 0.3 is 5.97 Å². The molecule has 0 saturated carbocycles. The SMILES string of the molecule is CC(C)C[C@@H](O)[C@@H](C)C(=O)O. The fourth-order valence-electron chi connectivity index (χ4n) is 0.852. The molecule has 0 aromatic rings. The maximum absolute atomic E-state index is 10.4. The molecule has 0 heterocycles. The summed E-state index contributed by atoms with van der Waals surface area (Å²) in [5, 5.41) is 17.8. The lowest BCUT2D eigenvalue weighted by atomic mass is 9.96. The van der Waals surface area contributed by atoms with Gasteiger partial charge < -0.3 is 10.2 Å². The second-order valence-electron chi connectivity index (χ2n) is 3.32. The number of rotatable bonds is 4. The minimum absolute atomic E-state index is 0.340. The van der Waals surface area contributed by atoms with Crippen molar-refractivity contribution >= 4 is 5.97 Å². The van der Waals surface area contributed by atoms with E-state index in [0.717, 1.165) is 0 Å². The Balaban J connectivity index is 3.82. The van der Waals surface area contributed by atoms with Crippen molar-refractivity contribution in [2.75, 3.05) is 0 Å². The Morgan fingerprint density at radius 1 is 1.36 bits per heavy atom. The van der Waals surface area contributed by atoms with Crippen molar-refractivity contribution in [1.82, 2.24) is 0 Å². The molecule has 0 amide bonds. The van der Waals surface area contributed by atoms with Crippen molar-refractivity contribution in [2.45, 2.75) is 33.3 Å². The highest BCUT2D eigenvalue weighted by Gasteiger charge is 2.21. The van der Waals surface area contributed by atoms with Crippen LogP contribution in [0.25, 0.3) is 0 Å². The highest BCUT2D eigenvalue weighted by molar-refractivity contribution is 5.70. The van der Waals surface area contributed by atoms with Gasteiger partial charge in [-0.1, -0.05) is 13.8 Å². The Hall–Kier alpha value is -0.570. The van der Waals surface area contributed by atoms with Gasteiger partial charge in [-0.15, -0.1) is 0 Å². The van der Waals surface area contributed by atoms with Gasteiger partial charge in [-0.25, -0.2) is 0 Å². The van der Waals surface area contributed by atoms with Crippen LogP contribution in [0, 0.1) is 11.8 Å². The van der Waals surface area contributed by atoms with Gasteiger partial charge in [0, 0.05) is 0 Å².